The molecule has 7 heteroatoms. The third kappa shape index (κ3) is 4.67. The van der Waals surface area contributed by atoms with Gasteiger partial charge in [0.15, 0.2) is 0 Å². The Bertz CT molecular complexity index is 954. The third-order valence-electron chi connectivity index (χ3n) is 4.84. The summed E-state index contributed by atoms with van der Waals surface area (Å²) in [6.45, 7) is 3.09. The number of carbonyl (C=O) groups is 2. The maximum atomic E-state index is 12.9. The second-order valence-corrected chi connectivity index (χ2v) is 8.16. The van der Waals surface area contributed by atoms with Crippen LogP contribution in [0.3, 0.4) is 0 Å². The summed E-state index contributed by atoms with van der Waals surface area (Å²) in [4.78, 5) is 27.1. The van der Waals surface area contributed by atoms with Gasteiger partial charge in [-0.1, -0.05) is 31.2 Å². The van der Waals surface area contributed by atoms with Crippen LogP contribution >= 0.6 is 22.6 Å². The molecule has 1 saturated heterocycles. The van der Waals surface area contributed by atoms with E-state index in [2.05, 4.69) is 22.6 Å². The molecule has 0 saturated carbocycles. The van der Waals surface area contributed by atoms with Crippen molar-refractivity contribution in [1.29, 1.82) is 0 Å². The fourth-order valence-electron chi connectivity index (χ4n) is 3.40. The number of Topliss-reactive ketones (excluding diaryl/α,β-unsaturated/α-hetero) is 1. The highest BCUT2D eigenvalue weighted by molar-refractivity contribution is 14.1. The second kappa shape index (κ2) is 10.1. The summed E-state index contributed by atoms with van der Waals surface area (Å²) in [7, 11) is 1.54. The van der Waals surface area contributed by atoms with Gasteiger partial charge < -0.3 is 19.5 Å². The maximum Gasteiger partial charge on any atom is 0.295 e. The summed E-state index contributed by atoms with van der Waals surface area (Å²) in [6, 6.07) is 13.8. The van der Waals surface area contributed by atoms with Crippen LogP contribution in [0.2, 0.25) is 0 Å². The van der Waals surface area contributed by atoms with E-state index in [-0.39, 0.29) is 24.5 Å². The number of hydrogen-bond acceptors (Lipinski definition) is 5. The first kappa shape index (κ1) is 22.3. The van der Waals surface area contributed by atoms with E-state index in [1.54, 1.807) is 24.3 Å². The first-order valence-electron chi connectivity index (χ1n) is 9.74. The van der Waals surface area contributed by atoms with E-state index in [9.17, 15) is 14.7 Å². The van der Waals surface area contributed by atoms with Crippen LogP contribution in [0, 0.1) is 3.57 Å². The Morgan fingerprint density at radius 2 is 1.87 bits per heavy atom. The van der Waals surface area contributed by atoms with Gasteiger partial charge in [-0.3, -0.25) is 9.59 Å². The van der Waals surface area contributed by atoms with Crippen molar-refractivity contribution in [3.05, 3.63) is 68.8 Å². The molecule has 1 N–H and O–H groups in total. The quantitative estimate of drug-likeness (QED) is 0.245. The molecular weight excluding hydrogens is 497 g/mol. The van der Waals surface area contributed by atoms with Gasteiger partial charge in [-0.25, -0.2) is 0 Å². The number of methoxy groups -OCH3 is 1. The van der Waals surface area contributed by atoms with Crippen LogP contribution in [0.5, 0.6) is 5.75 Å². The molecule has 1 atom stereocenters. The fraction of sp³-hybridized carbons (Fsp3) is 0.304. The summed E-state index contributed by atoms with van der Waals surface area (Å²) in [5.74, 6) is -0.957. The average Bonchev–Trinajstić information content (AvgIpc) is 3.01. The normalized spacial score (nSPS) is 18.1. The van der Waals surface area contributed by atoms with Gasteiger partial charge in [0.05, 0.1) is 24.8 Å². The van der Waals surface area contributed by atoms with Gasteiger partial charge in [-0.2, -0.15) is 0 Å². The highest BCUT2D eigenvalue weighted by Gasteiger charge is 2.45. The molecule has 0 aliphatic carbocycles. The van der Waals surface area contributed by atoms with Crippen LogP contribution in [-0.2, 0) is 14.3 Å². The SMILES string of the molecule is CCCOc1cccc(C(O)=C2C(=O)C(=O)N(CCOC)C2c2ccc(I)cc2)c1. The van der Waals surface area contributed by atoms with Crippen LogP contribution in [0.15, 0.2) is 54.1 Å². The van der Waals surface area contributed by atoms with Crippen molar-refractivity contribution >= 4 is 40.0 Å². The molecule has 0 aromatic heterocycles. The van der Waals surface area contributed by atoms with E-state index in [1.807, 2.05) is 31.2 Å². The molecule has 2 aromatic rings. The Kier molecular flexibility index (Phi) is 7.49. The number of carbonyl (C=O) groups excluding carboxylic acids is 2. The van der Waals surface area contributed by atoms with Crippen molar-refractivity contribution in [3.63, 3.8) is 0 Å². The predicted molar refractivity (Wildman–Crippen MR) is 122 cm³/mol. The average molecular weight is 521 g/mol. The van der Waals surface area contributed by atoms with E-state index in [4.69, 9.17) is 9.47 Å². The molecule has 1 aliphatic heterocycles. The number of rotatable bonds is 8. The Morgan fingerprint density at radius 1 is 1.13 bits per heavy atom. The summed E-state index contributed by atoms with van der Waals surface area (Å²) in [5, 5.41) is 11.1. The topological polar surface area (TPSA) is 76.1 Å². The summed E-state index contributed by atoms with van der Waals surface area (Å²) in [6.07, 6.45) is 0.855. The molecule has 1 unspecified atom stereocenters. The largest absolute Gasteiger partial charge is 0.507 e. The predicted octanol–water partition coefficient (Wildman–Crippen LogP) is 4.15. The molecule has 0 radical (unpaired) electrons. The Balaban J connectivity index is 2.10. The highest BCUT2D eigenvalue weighted by atomic mass is 127. The van der Waals surface area contributed by atoms with Crippen molar-refractivity contribution in [2.45, 2.75) is 19.4 Å². The first-order valence-corrected chi connectivity index (χ1v) is 10.8. The monoisotopic (exact) mass is 521 g/mol. The number of amides is 1. The van der Waals surface area contributed by atoms with Gasteiger partial charge in [0, 0.05) is 22.8 Å². The van der Waals surface area contributed by atoms with Gasteiger partial charge >= 0.3 is 0 Å². The third-order valence-corrected chi connectivity index (χ3v) is 5.56. The van der Waals surface area contributed by atoms with Gasteiger partial charge in [-0.05, 0) is 58.8 Å². The zero-order chi connectivity index (χ0) is 21.7. The smallest absolute Gasteiger partial charge is 0.295 e. The molecule has 6 nitrogen and oxygen atoms in total. The lowest BCUT2D eigenvalue weighted by Crippen LogP contribution is -2.32. The molecule has 1 heterocycles. The molecule has 0 bridgehead atoms. The van der Waals surface area contributed by atoms with Crippen molar-refractivity contribution in [2.24, 2.45) is 0 Å². The van der Waals surface area contributed by atoms with Gasteiger partial charge in [0.25, 0.3) is 11.7 Å². The first-order chi connectivity index (χ1) is 14.5. The van der Waals surface area contributed by atoms with E-state index in [1.165, 1.54) is 12.0 Å². The Labute approximate surface area is 189 Å². The van der Waals surface area contributed by atoms with Crippen molar-refractivity contribution < 1.29 is 24.2 Å². The number of ether oxygens (including phenoxy) is 2. The minimum atomic E-state index is -0.702. The van der Waals surface area contributed by atoms with E-state index < -0.39 is 17.7 Å². The molecular formula is C23H24INO5. The fourth-order valence-corrected chi connectivity index (χ4v) is 3.76. The Morgan fingerprint density at radius 3 is 2.53 bits per heavy atom. The number of likely N-dealkylation sites (tertiary alicyclic amines) is 1. The number of hydrogen-bond donors (Lipinski definition) is 1. The number of aliphatic hydroxyl groups excluding tert-OH is 1. The van der Waals surface area contributed by atoms with Crippen molar-refractivity contribution in [1.82, 2.24) is 4.90 Å². The maximum absolute atomic E-state index is 12.9. The molecule has 158 valence electrons. The lowest BCUT2D eigenvalue weighted by molar-refractivity contribution is -0.140. The number of benzene rings is 2. The van der Waals surface area contributed by atoms with Crippen LogP contribution in [-0.4, -0.2) is 48.6 Å². The summed E-state index contributed by atoms with van der Waals surface area (Å²) < 4.78 is 11.8. The molecule has 1 fully saturated rings. The lowest BCUT2D eigenvalue weighted by Gasteiger charge is -2.25. The Hall–Kier alpha value is -2.39. The van der Waals surface area contributed by atoms with Crippen molar-refractivity contribution in [2.75, 3.05) is 26.9 Å². The number of ketones is 1. The molecule has 2 aromatic carbocycles. The van der Waals surface area contributed by atoms with Gasteiger partial charge in [0.2, 0.25) is 0 Å². The minimum Gasteiger partial charge on any atom is -0.507 e. The molecule has 1 amide bonds. The summed E-state index contributed by atoms with van der Waals surface area (Å²) in [5.41, 5.74) is 1.26. The zero-order valence-electron chi connectivity index (χ0n) is 16.9. The number of nitrogens with zero attached hydrogens (tertiary/aromatic N) is 1. The lowest BCUT2D eigenvalue weighted by atomic mass is 9.95. The van der Waals surface area contributed by atoms with E-state index in [0.29, 0.717) is 17.9 Å². The van der Waals surface area contributed by atoms with Crippen LogP contribution in [0.1, 0.15) is 30.5 Å². The van der Waals surface area contributed by atoms with E-state index >= 15 is 0 Å². The molecule has 0 spiro atoms. The van der Waals surface area contributed by atoms with Crippen LogP contribution < -0.4 is 4.74 Å². The van der Waals surface area contributed by atoms with Crippen molar-refractivity contribution in [3.8, 4) is 5.75 Å². The molecule has 3 rings (SSSR count). The highest BCUT2D eigenvalue weighted by Crippen LogP contribution is 2.39. The van der Waals surface area contributed by atoms with E-state index in [0.717, 1.165) is 15.6 Å². The summed E-state index contributed by atoms with van der Waals surface area (Å²) >= 11 is 2.20. The molecule has 30 heavy (non-hydrogen) atoms. The van der Waals surface area contributed by atoms with Gasteiger partial charge in [0.1, 0.15) is 11.5 Å². The minimum absolute atomic E-state index is 0.0740. The zero-order valence-corrected chi connectivity index (χ0v) is 19.1. The van der Waals surface area contributed by atoms with Crippen LogP contribution in [0.25, 0.3) is 5.76 Å². The van der Waals surface area contributed by atoms with Crippen LogP contribution in [0.4, 0.5) is 0 Å². The van der Waals surface area contributed by atoms with Gasteiger partial charge in [-0.15, -0.1) is 0 Å². The second-order valence-electron chi connectivity index (χ2n) is 6.91. The number of aliphatic hydroxyl groups is 1. The number of halogens is 1. The standard InChI is InChI=1S/C23H24INO5/c1-3-12-30-18-6-4-5-16(14-18)21(26)19-20(15-7-9-17(24)10-8-15)25(11-13-29-2)23(28)22(19)27/h4-10,14,20,26H,3,11-13H2,1-2H3. The molecule has 1 aliphatic rings.